The van der Waals surface area contributed by atoms with Gasteiger partial charge in [-0.15, -0.1) is 0 Å². The summed E-state index contributed by atoms with van der Waals surface area (Å²) in [6, 6.07) is 0. The zero-order valence-corrected chi connectivity index (χ0v) is 51.2. The van der Waals surface area contributed by atoms with Crippen molar-refractivity contribution < 1.29 is 28.6 Å². The topological polar surface area (TPSA) is 78.9 Å². The molecule has 0 aliphatic rings. The van der Waals surface area contributed by atoms with Crippen molar-refractivity contribution in [3.8, 4) is 0 Å². The summed E-state index contributed by atoms with van der Waals surface area (Å²) in [5, 5.41) is 0. The van der Waals surface area contributed by atoms with Crippen LogP contribution in [0.2, 0.25) is 0 Å². The minimum atomic E-state index is -0.784. The Kier molecular flexibility index (Phi) is 62.7. The van der Waals surface area contributed by atoms with Gasteiger partial charge < -0.3 is 14.2 Å². The Labute approximate surface area is 478 Å². The molecule has 77 heavy (non-hydrogen) atoms. The lowest BCUT2D eigenvalue weighted by atomic mass is 10.0. The molecule has 0 heterocycles. The fourth-order valence-corrected chi connectivity index (χ4v) is 9.66. The van der Waals surface area contributed by atoms with Crippen molar-refractivity contribution in [1.82, 2.24) is 0 Å². The van der Waals surface area contributed by atoms with Crippen LogP contribution in [-0.2, 0) is 28.6 Å². The van der Waals surface area contributed by atoms with E-state index >= 15 is 0 Å². The molecule has 6 nitrogen and oxygen atoms in total. The normalized spacial score (nSPS) is 12.5. The van der Waals surface area contributed by atoms with E-state index in [2.05, 4.69) is 93.7 Å². The molecular weight excluding hydrogens is 949 g/mol. The molecule has 0 N–H and O–H groups in total. The van der Waals surface area contributed by atoms with Crippen molar-refractivity contribution in [2.24, 2.45) is 0 Å². The van der Waals surface area contributed by atoms with E-state index in [9.17, 15) is 14.4 Å². The molecule has 1 unspecified atom stereocenters. The third-order valence-corrected chi connectivity index (χ3v) is 14.7. The van der Waals surface area contributed by atoms with Crippen LogP contribution in [0, 0.1) is 0 Å². The molecule has 0 rings (SSSR count). The molecule has 0 aromatic heterocycles. The number of hydrogen-bond acceptors (Lipinski definition) is 6. The highest BCUT2D eigenvalue weighted by Gasteiger charge is 2.19. The van der Waals surface area contributed by atoms with Gasteiger partial charge in [-0.05, 0) is 109 Å². The Morgan fingerprint density at radius 3 is 0.805 bits per heavy atom. The molecule has 0 aliphatic heterocycles. The zero-order valence-electron chi connectivity index (χ0n) is 51.2. The molecule has 446 valence electrons. The highest BCUT2D eigenvalue weighted by atomic mass is 16.6. The molecule has 0 fully saturated rings. The van der Waals surface area contributed by atoms with Crippen LogP contribution in [0.3, 0.4) is 0 Å². The number of unbranched alkanes of at least 4 members (excludes halogenated alkanes) is 38. The predicted molar refractivity (Wildman–Crippen MR) is 335 cm³/mol. The average Bonchev–Trinajstić information content (AvgIpc) is 3.43. The molecule has 0 aliphatic carbocycles. The molecule has 6 heteroatoms. The monoisotopic (exact) mass is 1070 g/mol. The van der Waals surface area contributed by atoms with Crippen molar-refractivity contribution in [3.63, 3.8) is 0 Å². The van der Waals surface area contributed by atoms with Gasteiger partial charge in [0.2, 0.25) is 0 Å². The van der Waals surface area contributed by atoms with E-state index in [1.807, 2.05) is 0 Å². The van der Waals surface area contributed by atoms with Crippen LogP contribution < -0.4 is 0 Å². The maximum atomic E-state index is 12.9. The smallest absolute Gasteiger partial charge is 0.306 e. The van der Waals surface area contributed by atoms with E-state index in [1.165, 1.54) is 212 Å². The van der Waals surface area contributed by atoms with Gasteiger partial charge in [-0.25, -0.2) is 0 Å². The fourth-order valence-electron chi connectivity index (χ4n) is 9.66. The number of ether oxygens (including phenoxy) is 3. The lowest BCUT2D eigenvalue weighted by Crippen LogP contribution is -2.30. The minimum Gasteiger partial charge on any atom is -0.462 e. The van der Waals surface area contributed by atoms with Gasteiger partial charge in [-0.3, -0.25) is 14.4 Å². The van der Waals surface area contributed by atoms with Gasteiger partial charge in [-0.2, -0.15) is 0 Å². The lowest BCUT2D eigenvalue weighted by molar-refractivity contribution is -0.167. The number of carbonyl (C=O) groups is 3. The first kappa shape index (κ1) is 73.8. The van der Waals surface area contributed by atoms with Gasteiger partial charge in [0.25, 0.3) is 0 Å². The van der Waals surface area contributed by atoms with Gasteiger partial charge in [0, 0.05) is 19.3 Å². The quantitative estimate of drug-likeness (QED) is 0.0261. The first-order chi connectivity index (χ1) is 38.0. The minimum absolute atomic E-state index is 0.0793. The lowest BCUT2D eigenvalue weighted by Gasteiger charge is -2.18. The summed E-state index contributed by atoms with van der Waals surface area (Å²) in [4.78, 5) is 38.4. The van der Waals surface area contributed by atoms with Crippen LogP contribution in [0.4, 0.5) is 0 Å². The average molecular weight is 1080 g/mol. The van der Waals surface area contributed by atoms with E-state index < -0.39 is 6.10 Å². The summed E-state index contributed by atoms with van der Waals surface area (Å²) < 4.78 is 17.0. The molecule has 1 atom stereocenters. The first-order valence-corrected chi connectivity index (χ1v) is 33.4. The molecule has 0 saturated heterocycles. The van der Waals surface area contributed by atoms with Gasteiger partial charge >= 0.3 is 17.9 Å². The predicted octanol–water partition coefficient (Wildman–Crippen LogP) is 22.9. The van der Waals surface area contributed by atoms with Crippen molar-refractivity contribution in [1.29, 1.82) is 0 Å². The second kappa shape index (κ2) is 65.4. The van der Waals surface area contributed by atoms with E-state index in [1.54, 1.807) is 0 Å². The van der Waals surface area contributed by atoms with Crippen LogP contribution in [-0.4, -0.2) is 37.2 Å². The number of rotatable bonds is 61. The second-order valence-electron chi connectivity index (χ2n) is 22.3. The number of hydrogen-bond donors (Lipinski definition) is 0. The number of allylic oxidation sites excluding steroid dienone is 12. The Hall–Kier alpha value is -3.15. The molecule has 0 aromatic carbocycles. The van der Waals surface area contributed by atoms with Gasteiger partial charge in [0.05, 0.1) is 0 Å². The molecule has 0 bridgehead atoms. The highest BCUT2D eigenvalue weighted by molar-refractivity contribution is 5.71. The van der Waals surface area contributed by atoms with Gasteiger partial charge in [0.15, 0.2) is 6.10 Å². The summed E-state index contributed by atoms with van der Waals surface area (Å²) in [6.07, 6.45) is 84.8. The van der Waals surface area contributed by atoms with Crippen LogP contribution in [0.25, 0.3) is 0 Å². The summed E-state index contributed by atoms with van der Waals surface area (Å²) >= 11 is 0. The van der Waals surface area contributed by atoms with Crippen LogP contribution in [0.15, 0.2) is 72.9 Å². The van der Waals surface area contributed by atoms with Crippen LogP contribution >= 0.6 is 0 Å². The largest absolute Gasteiger partial charge is 0.462 e. The second-order valence-corrected chi connectivity index (χ2v) is 22.3. The Bertz CT molecular complexity index is 1420. The van der Waals surface area contributed by atoms with E-state index in [0.717, 1.165) is 89.9 Å². The van der Waals surface area contributed by atoms with Crippen molar-refractivity contribution >= 4 is 17.9 Å². The molecule has 0 aromatic rings. The molecular formula is C71H126O6. The molecule has 0 amide bonds. The van der Waals surface area contributed by atoms with Crippen LogP contribution in [0.1, 0.15) is 342 Å². The van der Waals surface area contributed by atoms with Crippen molar-refractivity contribution in [2.45, 2.75) is 348 Å². The standard InChI is InChI=1S/C71H126O6/c1-4-7-10-13-16-19-22-25-28-31-32-33-34-35-36-37-38-41-43-46-49-52-55-58-61-64-70(73)76-67-68(77-71(74)65-62-59-56-53-50-47-44-40-30-27-24-21-18-15-12-9-6-3)66-75-69(72)63-60-57-54-51-48-45-42-39-29-26-23-20-17-14-11-8-5-2/h9,12,18,21-22,25-27,29-32,68H,4-8,10-11,13-17,19-20,23-24,28,33-67H2,1-3H3/b12-9-,21-18-,25-22-,29-26-,30-27-,32-31-. The van der Waals surface area contributed by atoms with Crippen molar-refractivity contribution in [3.05, 3.63) is 72.9 Å². The summed E-state index contributed by atoms with van der Waals surface area (Å²) in [6.45, 7) is 6.55. The van der Waals surface area contributed by atoms with Crippen molar-refractivity contribution in [2.75, 3.05) is 13.2 Å². The van der Waals surface area contributed by atoms with Gasteiger partial charge in [-0.1, -0.05) is 286 Å². The number of esters is 3. The van der Waals surface area contributed by atoms with E-state index in [4.69, 9.17) is 14.2 Å². The SMILES string of the molecule is CC/C=C\C/C=C\C/C=C\CCCCCCCCCC(=O)OC(COC(=O)CCCCCCCCC/C=C\CCCCCCCC)COC(=O)CCCCCCCCCCCCCCC/C=C\C/C=C\CCCCCCC. The third-order valence-electron chi connectivity index (χ3n) is 14.7. The van der Waals surface area contributed by atoms with Crippen LogP contribution in [0.5, 0.6) is 0 Å². The Balaban J connectivity index is 4.32. The zero-order chi connectivity index (χ0) is 55.7. The molecule has 0 saturated carbocycles. The maximum Gasteiger partial charge on any atom is 0.306 e. The summed E-state index contributed by atoms with van der Waals surface area (Å²) in [5.74, 6) is -0.877. The molecule has 0 radical (unpaired) electrons. The highest BCUT2D eigenvalue weighted by Crippen LogP contribution is 2.17. The maximum absolute atomic E-state index is 12.9. The number of carbonyl (C=O) groups excluding carboxylic acids is 3. The first-order valence-electron chi connectivity index (χ1n) is 33.4. The summed E-state index contributed by atoms with van der Waals surface area (Å²) in [5.41, 5.74) is 0. The fraction of sp³-hybridized carbons (Fsp3) is 0.789. The van der Waals surface area contributed by atoms with Gasteiger partial charge in [0.1, 0.15) is 13.2 Å². The third kappa shape index (κ3) is 63.6. The van der Waals surface area contributed by atoms with E-state index in [-0.39, 0.29) is 31.1 Å². The Morgan fingerprint density at radius 1 is 0.273 bits per heavy atom. The summed E-state index contributed by atoms with van der Waals surface area (Å²) in [7, 11) is 0. The molecule has 0 spiro atoms. The van der Waals surface area contributed by atoms with E-state index in [0.29, 0.717) is 19.3 Å². The Morgan fingerprint density at radius 2 is 0.506 bits per heavy atom.